The van der Waals surface area contributed by atoms with E-state index in [4.69, 9.17) is 4.74 Å². The van der Waals surface area contributed by atoms with E-state index in [0.717, 1.165) is 29.6 Å². The van der Waals surface area contributed by atoms with E-state index in [1.807, 2.05) is 32.6 Å². The van der Waals surface area contributed by atoms with Crippen LogP contribution in [-0.2, 0) is 11.8 Å². The number of hydrogen-bond donors (Lipinski definition) is 0. The van der Waals surface area contributed by atoms with E-state index in [0.29, 0.717) is 12.5 Å². The summed E-state index contributed by atoms with van der Waals surface area (Å²) in [5.74, 6) is 0.766. The van der Waals surface area contributed by atoms with Crippen LogP contribution in [0.3, 0.4) is 0 Å². The van der Waals surface area contributed by atoms with Crippen LogP contribution in [0.1, 0.15) is 12.8 Å². The quantitative estimate of drug-likeness (QED) is 0.623. The van der Waals surface area contributed by atoms with Crippen LogP contribution < -0.4 is 4.74 Å². The minimum Gasteiger partial charge on any atom is -0.476 e. The highest BCUT2D eigenvalue weighted by Crippen LogP contribution is 2.33. The number of carbonyl (C=O) groups is 1. The Morgan fingerprint density at radius 1 is 1.41 bits per heavy atom. The molecule has 8 heteroatoms. The lowest BCUT2D eigenvalue weighted by Gasteiger charge is -2.42. The minimum absolute atomic E-state index is 0.0559. The van der Waals surface area contributed by atoms with Gasteiger partial charge in [0, 0.05) is 37.8 Å². The molecular formula is C19H22N6O2. The number of hydrogen-bond acceptors (Lipinski definition) is 5. The molecule has 0 N–H and O–H groups in total. The number of likely N-dealkylation sites (N-methyl/N-ethyl adjacent to an activating group) is 1. The fraction of sp³-hybridized carbons (Fsp3) is 0.368. The summed E-state index contributed by atoms with van der Waals surface area (Å²) >= 11 is 0. The van der Waals surface area contributed by atoms with E-state index < -0.39 is 0 Å². The van der Waals surface area contributed by atoms with Crippen molar-refractivity contribution in [3.63, 3.8) is 0 Å². The molecular weight excluding hydrogens is 344 g/mol. The molecule has 3 aromatic rings. The average Bonchev–Trinajstić information content (AvgIpc) is 3.28. The molecule has 3 aromatic heterocycles. The smallest absolute Gasteiger partial charge is 0.245 e. The normalized spacial score (nSPS) is 18.9. The number of aromatic nitrogens is 5. The summed E-state index contributed by atoms with van der Waals surface area (Å²) < 4.78 is 9.57. The van der Waals surface area contributed by atoms with Crippen LogP contribution in [0.25, 0.3) is 16.8 Å². The molecule has 8 nitrogen and oxygen atoms in total. The van der Waals surface area contributed by atoms with E-state index in [9.17, 15) is 4.79 Å². The van der Waals surface area contributed by atoms with Crippen LogP contribution in [0.2, 0.25) is 0 Å². The third-order valence-electron chi connectivity index (χ3n) is 5.19. The second-order valence-electron chi connectivity index (χ2n) is 6.86. The number of rotatable bonds is 6. The van der Waals surface area contributed by atoms with Gasteiger partial charge in [-0.1, -0.05) is 6.58 Å². The van der Waals surface area contributed by atoms with Gasteiger partial charge in [0.15, 0.2) is 0 Å². The van der Waals surface area contributed by atoms with Gasteiger partial charge in [-0.15, -0.1) is 0 Å². The number of aryl methyl sites for hydroxylation is 1. The Morgan fingerprint density at radius 2 is 2.26 bits per heavy atom. The Hall–Kier alpha value is -3.16. The third-order valence-corrected chi connectivity index (χ3v) is 5.19. The summed E-state index contributed by atoms with van der Waals surface area (Å²) in [4.78, 5) is 18.3. The first kappa shape index (κ1) is 17.3. The van der Waals surface area contributed by atoms with Crippen LogP contribution in [0.5, 0.6) is 5.88 Å². The third kappa shape index (κ3) is 3.18. The Bertz CT molecular complexity index is 991. The van der Waals surface area contributed by atoms with E-state index in [1.165, 1.54) is 6.08 Å². The summed E-state index contributed by atoms with van der Waals surface area (Å²) in [5, 5.41) is 8.52. The van der Waals surface area contributed by atoms with Gasteiger partial charge >= 0.3 is 0 Å². The lowest BCUT2D eigenvalue weighted by molar-refractivity contribution is -0.130. The molecule has 0 aliphatic heterocycles. The summed E-state index contributed by atoms with van der Waals surface area (Å²) in [7, 11) is 3.68. The van der Waals surface area contributed by atoms with Gasteiger partial charge in [-0.2, -0.15) is 10.2 Å². The lowest BCUT2D eigenvalue weighted by atomic mass is 9.79. The monoisotopic (exact) mass is 366 g/mol. The van der Waals surface area contributed by atoms with Crippen molar-refractivity contribution in [3.05, 3.63) is 43.5 Å². The van der Waals surface area contributed by atoms with Crippen molar-refractivity contribution in [3.8, 4) is 17.1 Å². The molecule has 4 rings (SSSR count). The second-order valence-corrected chi connectivity index (χ2v) is 6.86. The summed E-state index contributed by atoms with van der Waals surface area (Å²) in [6, 6.07) is 2.05. The summed E-state index contributed by atoms with van der Waals surface area (Å²) in [5.41, 5.74) is 2.46. The average molecular weight is 366 g/mol. The van der Waals surface area contributed by atoms with Crippen molar-refractivity contribution in [1.82, 2.24) is 29.3 Å². The fourth-order valence-corrected chi connectivity index (χ4v) is 3.45. The van der Waals surface area contributed by atoms with Crippen LogP contribution in [0, 0.1) is 5.92 Å². The molecule has 1 amide bonds. The molecule has 1 fully saturated rings. The van der Waals surface area contributed by atoms with E-state index in [-0.39, 0.29) is 17.9 Å². The number of nitrogens with zero attached hydrogens (tertiary/aromatic N) is 6. The van der Waals surface area contributed by atoms with Crippen molar-refractivity contribution in [2.45, 2.75) is 18.9 Å². The molecule has 0 saturated heterocycles. The number of carbonyl (C=O) groups excluding carboxylic acids is 1. The number of amides is 1. The highest BCUT2D eigenvalue weighted by Gasteiger charge is 2.36. The topological polar surface area (TPSA) is 77.6 Å². The van der Waals surface area contributed by atoms with Crippen molar-refractivity contribution in [2.75, 3.05) is 13.7 Å². The molecule has 0 radical (unpaired) electrons. The van der Waals surface area contributed by atoms with Gasteiger partial charge in [-0.25, -0.2) is 9.50 Å². The first-order valence-electron chi connectivity index (χ1n) is 8.92. The van der Waals surface area contributed by atoms with Gasteiger partial charge in [0.25, 0.3) is 0 Å². The lowest BCUT2D eigenvalue weighted by Crippen LogP contribution is -2.49. The maximum absolute atomic E-state index is 11.8. The Balaban J connectivity index is 1.54. The fourth-order valence-electron chi connectivity index (χ4n) is 3.45. The van der Waals surface area contributed by atoms with Crippen molar-refractivity contribution in [2.24, 2.45) is 13.0 Å². The van der Waals surface area contributed by atoms with Gasteiger partial charge < -0.3 is 9.64 Å². The molecule has 1 aliphatic carbocycles. The first-order chi connectivity index (χ1) is 13.1. The van der Waals surface area contributed by atoms with Crippen LogP contribution in [-0.4, -0.2) is 54.9 Å². The maximum atomic E-state index is 11.8. The van der Waals surface area contributed by atoms with E-state index in [2.05, 4.69) is 21.8 Å². The molecule has 1 aliphatic rings. The van der Waals surface area contributed by atoms with Crippen molar-refractivity contribution < 1.29 is 9.53 Å². The zero-order valence-electron chi connectivity index (χ0n) is 15.4. The maximum Gasteiger partial charge on any atom is 0.245 e. The van der Waals surface area contributed by atoms with Gasteiger partial charge in [-0.05, 0) is 25.0 Å². The van der Waals surface area contributed by atoms with Crippen molar-refractivity contribution in [1.29, 1.82) is 0 Å². The minimum atomic E-state index is -0.0559. The van der Waals surface area contributed by atoms with Crippen molar-refractivity contribution >= 4 is 11.4 Å². The zero-order chi connectivity index (χ0) is 19.0. The zero-order valence-corrected chi connectivity index (χ0v) is 15.4. The summed E-state index contributed by atoms with van der Waals surface area (Å²) in [6.07, 6.45) is 10.6. The largest absolute Gasteiger partial charge is 0.476 e. The van der Waals surface area contributed by atoms with E-state index >= 15 is 0 Å². The van der Waals surface area contributed by atoms with Gasteiger partial charge in [-0.3, -0.25) is 9.48 Å². The van der Waals surface area contributed by atoms with Gasteiger partial charge in [0.1, 0.15) is 5.52 Å². The van der Waals surface area contributed by atoms with Crippen LogP contribution in [0.4, 0.5) is 0 Å². The standard InChI is InChI=1S/C19H22N6O2/c1-4-18(26)24(3)16-6-5-13(16)12-27-19-17-7-8-20-25(17)11-15(22-19)14-9-21-23(2)10-14/h4,7-11,13,16H,1,5-6,12H2,2-3H3. The highest BCUT2D eigenvalue weighted by molar-refractivity contribution is 5.87. The second kappa shape index (κ2) is 6.86. The SMILES string of the molecule is C=CC(=O)N(C)C1CCC1COc1nc(-c2cnn(C)c2)cn2nccc12. The molecule has 3 heterocycles. The Morgan fingerprint density at radius 3 is 2.93 bits per heavy atom. The highest BCUT2D eigenvalue weighted by atomic mass is 16.5. The first-order valence-corrected chi connectivity index (χ1v) is 8.92. The molecule has 2 atom stereocenters. The van der Waals surface area contributed by atoms with E-state index in [1.54, 1.807) is 26.5 Å². The molecule has 0 aromatic carbocycles. The Labute approximate surface area is 157 Å². The molecule has 0 spiro atoms. The van der Waals surface area contributed by atoms with Crippen LogP contribution in [0.15, 0.2) is 43.5 Å². The Kier molecular flexibility index (Phi) is 4.39. The molecule has 1 saturated carbocycles. The van der Waals surface area contributed by atoms with Gasteiger partial charge in [0.2, 0.25) is 11.8 Å². The van der Waals surface area contributed by atoms with Gasteiger partial charge in [0.05, 0.1) is 30.9 Å². The number of fused-ring (bicyclic) bond motifs is 1. The van der Waals surface area contributed by atoms with Crippen LogP contribution >= 0.6 is 0 Å². The molecule has 27 heavy (non-hydrogen) atoms. The number of ether oxygens (including phenoxy) is 1. The predicted molar refractivity (Wildman–Crippen MR) is 100 cm³/mol. The molecule has 2 unspecified atom stereocenters. The molecule has 0 bridgehead atoms. The summed E-state index contributed by atoms with van der Waals surface area (Å²) in [6.45, 7) is 4.06. The predicted octanol–water partition coefficient (Wildman–Crippen LogP) is 1.93. The molecule has 140 valence electrons.